The van der Waals surface area contributed by atoms with Gasteiger partial charge in [0.15, 0.2) is 5.13 Å². The molecule has 0 aliphatic heterocycles. The van der Waals surface area contributed by atoms with Crippen LogP contribution in [0.2, 0.25) is 0 Å². The normalized spacial score (nSPS) is 10.9. The molecule has 30 heavy (non-hydrogen) atoms. The number of aromatic nitrogens is 3. The van der Waals surface area contributed by atoms with Crippen molar-refractivity contribution in [3.8, 4) is 16.9 Å². The van der Waals surface area contributed by atoms with Crippen molar-refractivity contribution in [3.63, 3.8) is 0 Å². The maximum atomic E-state index is 13.1. The molecule has 4 rings (SSSR count). The van der Waals surface area contributed by atoms with Gasteiger partial charge in [-0.05, 0) is 51.1 Å². The number of hydrogen-bond donors (Lipinski definition) is 3. The van der Waals surface area contributed by atoms with Crippen molar-refractivity contribution >= 4 is 28.3 Å². The quantitative estimate of drug-likeness (QED) is 0.451. The average Bonchev–Trinajstić information content (AvgIpc) is 3.43. The molecule has 1 aromatic carbocycles. The van der Waals surface area contributed by atoms with Gasteiger partial charge >= 0.3 is 0 Å². The molecule has 0 bridgehead atoms. The van der Waals surface area contributed by atoms with Crippen LogP contribution in [0.1, 0.15) is 37.8 Å². The van der Waals surface area contributed by atoms with Crippen molar-refractivity contribution in [2.75, 3.05) is 5.32 Å². The number of anilines is 1. The van der Waals surface area contributed by atoms with Crippen molar-refractivity contribution < 1.29 is 9.59 Å². The number of H-pyrrole nitrogens is 1. The Kier molecular flexibility index (Phi) is 5.01. The standard InChI is InChI=1S/C22H21N5O2S/c1-12-4-7-19(27-13(2)5-6-14(27)3)16(8-12)21(29)26-22-25-18(11-30-22)15-9-17(20(23)28)24-10-15/h4-11,24H,1-3H3,(H2,23,28)(H,25,26,29). The molecular weight excluding hydrogens is 398 g/mol. The number of carbonyl (C=O) groups is 2. The summed E-state index contributed by atoms with van der Waals surface area (Å²) in [6.07, 6.45) is 1.66. The van der Waals surface area contributed by atoms with Gasteiger partial charge in [-0.25, -0.2) is 4.98 Å². The molecule has 152 valence electrons. The van der Waals surface area contributed by atoms with Gasteiger partial charge in [0.05, 0.1) is 16.9 Å². The van der Waals surface area contributed by atoms with Gasteiger partial charge in [0.2, 0.25) is 0 Å². The fourth-order valence-corrected chi connectivity index (χ4v) is 4.10. The van der Waals surface area contributed by atoms with Crippen LogP contribution in [0, 0.1) is 20.8 Å². The lowest BCUT2D eigenvalue weighted by Crippen LogP contribution is -2.16. The van der Waals surface area contributed by atoms with Crippen molar-refractivity contribution in [2.24, 2.45) is 5.73 Å². The molecule has 0 fully saturated rings. The fourth-order valence-electron chi connectivity index (χ4n) is 3.39. The Morgan fingerprint density at radius 1 is 1.10 bits per heavy atom. The summed E-state index contributed by atoms with van der Waals surface area (Å²) in [4.78, 5) is 31.7. The highest BCUT2D eigenvalue weighted by atomic mass is 32.1. The third-order valence-electron chi connectivity index (χ3n) is 4.88. The van der Waals surface area contributed by atoms with Crippen LogP contribution in [0.15, 0.2) is 48.0 Å². The predicted octanol–water partition coefficient (Wildman–Crippen LogP) is 4.21. The number of rotatable bonds is 5. The monoisotopic (exact) mass is 419 g/mol. The molecule has 0 spiro atoms. The minimum Gasteiger partial charge on any atom is -0.364 e. The van der Waals surface area contributed by atoms with E-state index in [-0.39, 0.29) is 5.91 Å². The predicted molar refractivity (Wildman–Crippen MR) is 118 cm³/mol. The number of amides is 2. The topological polar surface area (TPSA) is 106 Å². The van der Waals surface area contributed by atoms with Crippen molar-refractivity contribution in [2.45, 2.75) is 20.8 Å². The number of nitrogens with zero attached hydrogens (tertiary/aromatic N) is 2. The zero-order chi connectivity index (χ0) is 21.4. The summed E-state index contributed by atoms with van der Waals surface area (Å²) >= 11 is 1.32. The number of nitrogens with two attached hydrogens (primary N) is 1. The molecular formula is C22H21N5O2S. The Bertz CT molecular complexity index is 1240. The molecule has 0 radical (unpaired) electrons. The van der Waals surface area contributed by atoms with Crippen LogP contribution >= 0.6 is 11.3 Å². The maximum Gasteiger partial charge on any atom is 0.265 e. The second-order valence-corrected chi connectivity index (χ2v) is 7.99. The van der Waals surface area contributed by atoms with E-state index in [4.69, 9.17) is 5.73 Å². The lowest BCUT2D eigenvalue weighted by molar-refractivity contribution is 0.0994. The van der Waals surface area contributed by atoms with Gasteiger partial charge in [0, 0.05) is 28.5 Å². The summed E-state index contributed by atoms with van der Waals surface area (Å²) in [7, 11) is 0. The minimum absolute atomic E-state index is 0.228. The molecule has 3 aromatic heterocycles. The summed E-state index contributed by atoms with van der Waals surface area (Å²) in [5.74, 6) is -0.762. The summed E-state index contributed by atoms with van der Waals surface area (Å²) in [6, 6.07) is 11.5. The number of carbonyl (C=O) groups excluding carboxylic acids is 2. The van der Waals surface area contributed by atoms with E-state index in [2.05, 4.69) is 19.9 Å². The highest BCUT2D eigenvalue weighted by Gasteiger charge is 2.17. The summed E-state index contributed by atoms with van der Waals surface area (Å²) in [5, 5.41) is 5.20. The van der Waals surface area contributed by atoms with Crippen LogP contribution in [0.25, 0.3) is 16.9 Å². The molecule has 0 aliphatic carbocycles. The van der Waals surface area contributed by atoms with E-state index >= 15 is 0 Å². The Labute approximate surface area is 177 Å². The van der Waals surface area contributed by atoms with Gasteiger partial charge in [-0.1, -0.05) is 11.6 Å². The van der Waals surface area contributed by atoms with Gasteiger partial charge in [0.25, 0.3) is 11.8 Å². The third-order valence-corrected chi connectivity index (χ3v) is 5.64. The second kappa shape index (κ2) is 7.64. The summed E-state index contributed by atoms with van der Waals surface area (Å²) < 4.78 is 2.06. The van der Waals surface area contributed by atoms with E-state index in [1.54, 1.807) is 12.3 Å². The zero-order valence-corrected chi connectivity index (χ0v) is 17.6. The van der Waals surface area contributed by atoms with Gasteiger partial charge in [-0.3, -0.25) is 14.9 Å². The first-order valence-electron chi connectivity index (χ1n) is 9.35. The number of thiazole rings is 1. The highest BCUT2D eigenvalue weighted by Crippen LogP contribution is 2.27. The number of nitrogens with one attached hydrogen (secondary N) is 2. The summed E-state index contributed by atoms with van der Waals surface area (Å²) in [6.45, 7) is 5.98. The molecule has 0 atom stereocenters. The van der Waals surface area contributed by atoms with Gasteiger partial charge in [-0.15, -0.1) is 11.3 Å². The van der Waals surface area contributed by atoms with E-state index in [1.165, 1.54) is 11.3 Å². The number of benzene rings is 1. The SMILES string of the molecule is Cc1ccc(-n2c(C)ccc2C)c(C(=O)Nc2nc(-c3c[nH]c(C(N)=O)c3)cs2)c1. The van der Waals surface area contributed by atoms with Crippen LogP contribution in [-0.2, 0) is 0 Å². The lowest BCUT2D eigenvalue weighted by Gasteiger charge is -2.15. The largest absolute Gasteiger partial charge is 0.364 e. The van der Waals surface area contributed by atoms with Crippen LogP contribution in [0.5, 0.6) is 0 Å². The Morgan fingerprint density at radius 2 is 1.83 bits per heavy atom. The van der Waals surface area contributed by atoms with Crippen LogP contribution in [-0.4, -0.2) is 26.3 Å². The molecule has 0 saturated heterocycles. The van der Waals surface area contributed by atoms with Gasteiger partial charge in [0.1, 0.15) is 5.69 Å². The third kappa shape index (κ3) is 3.65. The molecule has 2 amide bonds. The smallest absolute Gasteiger partial charge is 0.265 e. The van der Waals surface area contributed by atoms with E-state index in [0.29, 0.717) is 22.1 Å². The van der Waals surface area contributed by atoms with Crippen LogP contribution in [0.3, 0.4) is 0 Å². The number of aryl methyl sites for hydroxylation is 3. The molecule has 0 unspecified atom stereocenters. The van der Waals surface area contributed by atoms with Crippen LogP contribution < -0.4 is 11.1 Å². The molecule has 4 N–H and O–H groups in total. The number of aromatic amines is 1. The average molecular weight is 420 g/mol. The number of primary amides is 1. The zero-order valence-electron chi connectivity index (χ0n) is 16.8. The second-order valence-electron chi connectivity index (χ2n) is 7.13. The first-order valence-corrected chi connectivity index (χ1v) is 10.2. The molecule has 0 saturated carbocycles. The first-order chi connectivity index (χ1) is 14.3. The molecule has 3 heterocycles. The fraction of sp³-hybridized carbons (Fsp3) is 0.136. The highest BCUT2D eigenvalue weighted by molar-refractivity contribution is 7.14. The molecule has 8 heteroatoms. The van der Waals surface area contributed by atoms with Crippen molar-refractivity contribution in [3.05, 3.63) is 76.2 Å². The minimum atomic E-state index is -0.535. The molecule has 4 aromatic rings. The molecule has 7 nitrogen and oxygen atoms in total. The Balaban J connectivity index is 1.63. The van der Waals surface area contributed by atoms with Gasteiger partial charge in [-0.2, -0.15) is 0 Å². The van der Waals surface area contributed by atoms with E-state index < -0.39 is 5.91 Å². The van der Waals surface area contributed by atoms with Gasteiger partial charge < -0.3 is 15.3 Å². The lowest BCUT2D eigenvalue weighted by atomic mass is 10.1. The van der Waals surface area contributed by atoms with Crippen molar-refractivity contribution in [1.29, 1.82) is 0 Å². The van der Waals surface area contributed by atoms with Crippen LogP contribution in [0.4, 0.5) is 5.13 Å². The summed E-state index contributed by atoms with van der Waals surface area (Å²) in [5.41, 5.74) is 11.5. The Morgan fingerprint density at radius 3 is 2.50 bits per heavy atom. The molecule has 0 aliphatic rings. The van der Waals surface area contributed by atoms with Crippen molar-refractivity contribution in [1.82, 2.24) is 14.5 Å². The van der Waals surface area contributed by atoms with E-state index in [0.717, 1.165) is 28.2 Å². The number of hydrogen-bond acceptors (Lipinski definition) is 4. The maximum absolute atomic E-state index is 13.1. The Hall–Kier alpha value is -3.65. The first kappa shape index (κ1) is 19.7. The van der Waals surface area contributed by atoms with E-state index in [1.807, 2.05) is 56.5 Å². The van der Waals surface area contributed by atoms with E-state index in [9.17, 15) is 9.59 Å².